The number of para-hydroxylation sites is 1. The molecule has 0 heterocycles. The average Bonchev–Trinajstić information content (AvgIpc) is 3.23. The first-order valence-electron chi connectivity index (χ1n) is 9.83. The standard InChI is InChI=1S/C21H31NPS2.Ga.H/c1-13(2)17-8-7-9-18(14(3)4)20(17)22-19-15-10-11-16(12-15)21(19)23(24-5)25-6;;/h7-9,13-16H,10-12H2,1-6H3;;/q-1;+1;/p+1. The predicted octanol–water partition coefficient (Wildman–Crippen LogP) is 6.97. The molecular formula is C21H33GaNPS2+. The molecule has 1 saturated carbocycles. The SMILES string of the molecule is CS[PH+](SC)C1=C([N]([GaH])c2c(C(C)C)cccc2C(C)C)C2CCC1C2. The summed E-state index contributed by atoms with van der Waals surface area (Å²) in [5.41, 5.74) is 6.40. The van der Waals surface area contributed by atoms with E-state index in [2.05, 4.69) is 84.8 Å². The van der Waals surface area contributed by atoms with Crippen molar-refractivity contribution in [2.75, 3.05) is 16.1 Å². The van der Waals surface area contributed by atoms with Crippen molar-refractivity contribution in [3.05, 3.63) is 40.3 Å². The van der Waals surface area contributed by atoms with Crippen molar-refractivity contribution in [3.63, 3.8) is 0 Å². The van der Waals surface area contributed by atoms with Gasteiger partial charge in [-0.15, -0.1) is 0 Å². The van der Waals surface area contributed by atoms with E-state index in [-0.39, 0.29) is 0 Å². The summed E-state index contributed by atoms with van der Waals surface area (Å²) in [5.74, 6) is 2.85. The molecule has 1 radical (unpaired) electrons. The summed E-state index contributed by atoms with van der Waals surface area (Å²) in [4.78, 5) is 0. The first-order chi connectivity index (χ1) is 12.4. The Morgan fingerprint density at radius 3 is 2.04 bits per heavy atom. The Labute approximate surface area is 180 Å². The predicted molar refractivity (Wildman–Crippen MR) is 127 cm³/mol. The summed E-state index contributed by atoms with van der Waals surface area (Å²) in [7, 11) is 0. The van der Waals surface area contributed by atoms with Gasteiger partial charge in [0.2, 0.25) is 0 Å². The summed E-state index contributed by atoms with van der Waals surface area (Å²) in [6, 6.07) is 7.02. The zero-order valence-corrected chi connectivity index (χ0v) is 22.7. The Morgan fingerprint density at radius 2 is 1.54 bits per heavy atom. The van der Waals surface area contributed by atoms with Crippen molar-refractivity contribution in [3.8, 4) is 0 Å². The first kappa shape index (κ1) is 21.2. The molecule has 1 aromatic rings. The molecule has 26 heavy (non-hydrogen) atoms. The zero-order valence-electron chi connectivity index (χ0n) is 17.1. The van der Waals surface area contributed by atoms with Crippen LogP contribution in [0.4, 0.5) is 5.69 Å². The van der Waals surface area contributed by atoms with Crippen LogP contribution in [-0.4, -0.2) is 31.4 Å². The number of hydrogen-bond donors (Lipinski definition) is 0. The van der Waals surface area contributed by atoms with Gasteiger partial charge in [0.25, 0.3) is 0 Å². The molecule has 141 valence electrons. The van der Waals surface area contributed by atoms with Crippen LogP contribution in [0.1, 0.15) is 69.9 Å². The zero-order chi connectivity index (χ0) is 19.0. The van der Waals surface area contributed by atoms with Crippen LogP contribution >= 0.6 is 29.1 Å². The second-order valence-corrected chi connectivity index (χ2v) is 17.2. The van der Waals surface area contributed by atoms with Crippen LogP contribution in [-0.2, 0) is 0 Å². The second kappa shape index (κ2) is 8.90. The molecule has 0 aromatic heterocycles. The van der Waals surface area contributed by atoms with Gasteiger partial charge in [-0.05, 0) is 0 Å². The summed E-state index contributed by atoms with van der Waals surface area (Å²) < 4.78 is 2.76. The van der Waals surface area contributed by atoms with Crippen LogP contribution in [0.2, 0.25) is 0 Å². The van der Waals surface area contributed by atoms with Gasteiger partial charge in [0.15, 0.2) is 0 Å². The van der Waals surface area contributed by atoms with Crippen molar-refractivity contribution in [2.45, 2.75) is 58.8 Å². The van der Waals surface area contributed by atoms with Gasteiger partial charge in [0.1, 0.15) is 0 Å². The Hall–Kier alpha value is 0.526. The Balaban J connectivity index is 2.15. The van der Waals surface area contributed by atoms with Crippen LogP contribution in [0.15, 0.2) is 29.2 Å². The van der Waals surface area contributed by atoms with E-state index in [1.165, 1.54) is 38.1 Å². The molecule has 1 aromatic carbocycles. The van der Waals surface area contributed by atoms with Crippen molar-refractivity contribution in [1.29, 1.82) is 0 Å². The molecule has 2 unspecified atom stereocenters. The monoisotopic (exact) mass is 463 g/mol. The van der Waals surface area contributed by atoms with Gasteiger partial charge < -0.3 is 0 Å². The molecule has 1 fully saturated rings. The van der Waals surface area contributed by atoms with Crippen molar-refractivity contribution in [2.24, 2.45) is 11.8 Å². The molecule has 2 aliphatic rings. The van der Waals surface area contributed by atoms with Crippen molar-refractivity contribution >= 4 is 53.6 Å². The molecule has 0 spiro atoms. The van der Waals surface area contributed by atoms with E-state index in [0.717, 1.165) is 11.8 Å². The van der Waals surface area contributed by atoms with Crippen LogP contribution in [0, 0.1) is 11.8 Å². The molecule has 2 aliphatic carbocycles. The van der Waals surface area contributed by atoms with E-state index in [1.807, 2.05) is 5.31 Å². The van der Waals surface area contributed by atoms with Gasteiger partial charge >= 0.3 is 181 Å². The molecule has 0 saturated heterocycles. The quantitative estimate of drug-likeness (QED) is 0.317. The van der Waals surface area contributed by atoms with Gasteiger partial charge in [-0.2, -0.15) is 0 Å². The van der Waals surface area contributed by atoms with Crippen LogP contribution in [0.5, 0.6) is 0 Å². The topological polar surface area (TPSA) is 3.24 Å². The third-order valence-electron chi connectivity index (χ3n) is 6.00. The second-order valence-electron chi connectivity index (χ2n) is 8.22. The fourth-order valence-electron chi connectivity index (χ4n) is 4.81. The van der Waals surface area contributed by atoms with Gasteiger partial charge in [0.05, 0.1) is 0 Å². The molecule has 2 bridgehead atoms. The molecule has 3 rings (SSSR count). The number of benzene rings is 1. The summed E-state index contributed by atoms with van der Waals surface area (Å²) in [5, 5.41) is 1.88. The summed E-state index contributed by atoms with van der Waals surface area (Å²) in [6.45, 7) is 9.41. The summed E-state index contributed by atoms with van der Waals surface area (Å²) in [6.07, 6.45) is 8.44. The van der Waals surface area contributed by atoms with Gasteiger partial charge in [-0.3, -0.25) is 0 Å². The number of rotatable bonds is 7. The van der Waals surface area contributed by atoms with Crippen LogP contribution < -0.4 is 3.61 Å². The van der Waals surface area contributed by atoms with Crippen molar-refractivity contribution < 1.29 is 0 Å². The number of fused-ring (bicyclic) bond motifs is 2. The molecule has 0 amide bonds. The average molecular weight is 464 g/mol. The van der Waals surface area contributed by atoms with Gasteiger partial charge in [-0.1, -0.05) is 0 Å². The molecule has 5 heteroatoms. The Bertz CT molecular complexity index is 658. The Kier molecular flexibility index (Phi) is 7.27. The van der Waals surface area contributed by atoms with Gasteiger partial charge in [0, 0.05) is 0 Å². The van der Waals surface area contributed by atoms with E-state index in [4.69, 9.17) is 0 Å². The van der Waals surface area contributed by atoms with E-state index in [9.17, 15) is 0 Å². The van der Waals surface area contributed by atoms with E-state index < -0.39 is 6.33 Å². The van der Waals surface area contributed by atoms with Gasteiger partial charge in [-0.25, -0.2) is 0 Å². The minimum absolute atomic E-state index is 0.505. The fraction of sp³-hybridized carbons (Fsp3) is 0.619. The normalized spacial score (nSPS) is 22.3. The third kappa shape index (κ3) is 3.83. The third-order valence-corrected chi connectivity index (χ3v) is 15.8. The number of anilines is 1. The molecule has 2 atom stereocenters. The Morgan fingerprint density at radius 1 is 1.00 bits per heavy atom. The van der Waals surface area contributed by atoms with Crippen LogP contribution in [0.3, 0.4) is 0 Å². The minimum atomic E-state index is -0.505. The van der Waals surface area contributed by atoms with Crippen LogP contribution in [0.25, 0.3) is 0 Å². The van der Waals surface area contributed by atoms with Crippen molar-refractivity contribution in [1.82, 2.24) is 0 Å². The maximum atomic E-state index is 2.76. The first-order valence-corrected chi connectivity index (χ1v) is 16.6. The molecular weight excluding hydrogens is 431 g/mol. The number of hydrogen-bond acceptors (Lipinski definition) is 3. The fourth-order valence-corrected chi connectivity index (χ4v) is 13.5. The van der Waals surface area contributed by atoms with E-state index in [1.54, 1.807) is 22.5 Å². The molecule has 0 aliphatic heterocycles. The number of allylic oxidation sites excluding steroid dienone is 2. The molecule has 1 nitrogen and oxygen atoms in total. The van der Waals surface area contributed by atoms with E-state index in [0.29, 0.717) is 11.8 Å². The van der Waals surface area contributed by atoms with E-state index >= 15 is 0 Å². The number of nitrogens with zero attached hydrogens (tertiary/aromatic N) is 1. The maximum absolute atomic E-state index is 2.76. The molecule has 0 N–H and O–H groups in total. The summed E-state index contributed by atoms with van der Waals surface area (Å²) >= 11 is 5.49.